The molecule has 0 bridgehead atoms. The zero-order valence-corrected chi connectivity index (χ0v) is 14.1. The summed E-state index contributed by atoms with van der Waals surface area (Å²) in [6.45, 7) is 5.46. The molecule has 4 heteroatoms. The van der Waals surface area contributed by atoms with Crippen LogP contribution in [0.5, 0.6) is 0 Å². The van der Waals surface area contributed by atoms with Gasteiger partial charge in [-0.1, -0.05) is 50.2 Å². The van der Waals surface area contributed by atoms with E-state index in [2.05, 4.69) is 10.6 Å². The molecule has 0 aliphatic carbocycles. The Morgan fingerprint density at radius 1 is 1.17 bits per heavy atom. The third-order valence-electron chi connectivity index (χ3n) is 4.57. The number of nitrogens with one attached hydrogen (secondary N) is 2. The number of hydrogen-bond donors (Lipinski definition) is 2. The lowest BCUT2D eigenvalue weighted by molar-refractivity contribution is -0.118. The molecule has 2 aromatic rings. The summed E-state index contributed by atoms with van der Waals surface area (Å²) in [5, 5.41) is 6.03. The molecule has 126 valence electrons. The van der Waals surface area contributed by atoms with Crippen molar-refractivity contribution in [2.75, 3.05) is 11.9 Å². The number of carbonyl (C=O) groups excluding carboxylic acids is 1. The van der Waals surface area contributed by atoms with E-state index in [1.54, 1.807) is 6.07 Å². The molecule has 1 unspecified atom stereocenters. The van der Waals surface area contributed by atoms with Crippen LogP contribution < -0.4 is 10.6 Å². The zero-order valence-electron chi connectivity index (χ0n) is 14.1. The van der Waals surface area contributed by atoms with Gasteiger partial charge in [-0.3, -0.25) is 4.79 Å². The highest BCUT2D eigenvalue weighted by molar-refractivity contribution is 5.96. The fourth-order valence-corrected chi connectivity index (χ4v) is 3.34. The minimum atomic E-state index is -0.303. The van der Waals surface area contributed by atoms with Crippen LogP contribution in [0.2, 0.25) is 0 Å². The second kappa shape index (κ2) is 7.14. The summed E-state index contributed by atoms with van der Waals surface area (Å²) in [4.78, 5) is 12.8. The molecule has 2 aromatic carbocycles. The molecule has 0 fully saturated rings. The Hall–Kier alpha value is -2.20. The number of halogens is 1. The quantitative estimate of drug-likeness (QED) is 0.896. The molecule has 1 aliphatic heterocycles. The van der Waals surface area contributed by atoms with Gasteiger partial charge >= 0.3 is 0 Å². The van der Waals surface area contributed by atoms with Crippen molar-refractivity contribution in [3.63, 3.8) is 0 Å². The maximum atomic E-state index is 14.7. The fraction of sp³-hybridized carbons (Fsp3) is 0.350. The average Bonchev–Trinajstić information content (AvgIpc) is 2.58. The van der Waals surface area contributed by atoms with Crippen molar-refractivity contribution in [1.29, 1.82) is 0 Å². The highest BCUT2D eigenvalue weighted by Gasteiger charge is 2.25. The standard InChI is InChI=1S/C20H23FN2O/c1-13(2)18(14-6-4-3-5-7-14)20(24)23-17-9-8-15-12-22-11-10-16(15)19(17)21/h3-9,13,18,22H,10-12H2,1-2H3,(H,23,24). The SMILES string of the molecule is CC(C)C(C(=O)Nc1ccc2c(c1F)CCNC2)c1ccccc1. The molecule has 0 radical (unpaired) electrons. The second-order valence-corrected chi connectivity index (χ2v) is 6.61. The van der Waals surface area contributed by atoms with Gasteiger partial charge in [0.05, 0.1) is 11.6 Å². The van der Waals surface area contributed by atoms with Gasteiger partial charge in [-0.25, -0.2) is 4.39 Å². The second-order valence-electron chi connectivity index (χ2n) is 6.61. The number of benzene rings is 2. The Morgan fingerprint density at radius 2 is 1.92 bits per heavy atom. The van der Waals surface area contributed by atoms with Gasteiger partial charge in [0, 0.05) is 6.54 Å². The van der Waals surface area contributed by atoms with E-state index in [-0.39, 0.29) is 29.2 Å². The van der Waals surface area contributed by atoms with Crippen LogP contribution in [0.15, 0.2) is 42.5 Å². The Bertz CT molecular complexity index is 728. The lowest BCUT2D eigenvalue weighted by Crippen LogP contribution is -2.27. The van der Waals surface area contributed by atoms with Crippen LogP contribution in [0.4, 0.5) is 10.1 Å². The molecular weight excluding hydrogens is 303 g/mol. The van der Waals surface area contributed by atoms with Crippen molar-refractivity contribution in [2.45, 2.75) is 32.7 Å². The lowest BCUT2D eigenvalue weighted by atomic mass is 9.87. The van der Waals surface area contributed by atoms with Crippen LogP contribution in [-0.2, 0) is 17.8 Å². The van der Waals surface area contributed by atoms with Crippen molar-refractivity contribution in [3.05, 3.63) is 65.0 Å². The summed E-state index contributed by atoms with van der Waals surface area (Å²) in [5.41, 5.74) is 2.92. The number of amides is 1. The first kappa shape index (κ1) is 16.7. The molecule has 24 heavy (non-hydrogen) atoms. The largest absolute Gasteiger partial charge is 0.323 e. The molecule has 1 amide bonds. The monoisotopic (exact) mass is 326 g/mol. The number of fused-ring (bicyclic) bond motifs is 1. The van der Waals surface area contributed by atoms with Crippen LogP contribution in [0, 0.1) is 11.7 Å². The van der Waals surface area contributed by atoms with Crippen LogP contribution in [-0.4, -0.2) is 12.5 Å². The first-order valence-electron chi connectivity index (χ1n) is 8.44. The Kier molecular flexibility index (Phi) is 4.95. The lowest BCUT2D eigenvalue weighted by Gasteiger charge is -2.23. The molecule has 0 spiro atoms. The van der Waals surface area contributed by atoms with Crippen LogP contribution in [0.25, 0.3) is 0 Å². The maximum Gasteiger partial charge on any atom is 0.232 e. The van der Waals surface area contributed by atoms with Gasteiger partial charge in [0.15, 0.2) is 0 Å². The smallest absolute Gasteiger partial charge is 0.232 e. The van der Waals surface area contributed by atoms with Crippen molar-refractivity contribution >= 4 is 11.6 Å². The number of hydrogen-bond acceptors (Lipinski definition) is 2. The summed E-state index contributed by atoms with van der Waals surface area (Å²) < 4.78 is 14.7. The minimum absolute atomic E-state index is 0.122. The van der Waals surface area contributed by atoms with Crippen LogP contribution >= 0.6 is 0 Å². The molecule has 1 aliphatic rings. The van der Waals surface area contributed by atoms with Crippen molar-refractivity contribution in [3.8, 4) is 0 Å². The zero-order chi connectivity index (χ0) is 17.1. The molecule has 1 heterocycles. The molecule has 0 aromatic heterocycles. The normalized spacial score (nSPS) is 15.0. The van der Waals surface area contributed by atoms with E-state index in [4.69, 9.17) is 0 Å². The molecule has 0 saturated carbocycles. The molecule has 1 atom stereocenters. The first-order valence-corrected chi connectivity index (χ1v) is 8.44. The van der Waals surface area contributed by atoms with E-state index < -0.39 is 0 Å². The third kappa shape index (κ3) is 3.34. The van der Waals surface area contributed by atoms with Gasteiger partial charge in [-0.15, -0.1) is 0 Å². The van der Waals surface area contributed by atoms with Crippen molar-refractivity contribution in [2.24, 2.45) is 5.92 Å². The van der Waals surface area contributed by atoms with Gasteiger partial charge < -0.3 is 10.6 Å². The average molecular weight is 326 g/mol. The Balaban J connectivity index is 1.86. The third-order valence-corrected chi connectivity index (χ3v) is 4.57. The number of carbonyl (C=O) groups is 1. The van der Waals surface area contributed by atoms with Crippen molar-refractivity contribution < 1.29 is 9.18 Å². The number of anilines is 1. The summed E-state index contributed by atoms with van der Waals surface area (Å²) in [7, 11) is 0. The molecule has 3 rings (SSSR count). The van der Waals surface area contributed by atoms with E-state index in [9.17, 15) is 9.18 Å². The summed E-state index contributed by atoms with van der Waals surface area (Å²) in [6.07, 6.45) is 0.650. The summed E-state index contributed by atoms with van der Waals surface area (Å²) >= 11 is 0. The fourth-order valence-electron chi connectivity index (χ4n) is 3.34. The highest BCUT2D eigenvalue weighted by Crippen LogP contribution is 2.29. The molecule has 2 N–H and O–H groups in total. The predicted molar refractivity (Wildman–Crippen MR) is 94.5 cm³/mol. The van der Waals surface area contributed by atoms with Gasteiger partial charge in [0.1, 0.15) is 5.82 Å². The first-order chi connectivity index (χ1) is 11.6. The van der Waals surface area contributed by atoms with E-state index >= 15 is 0 Å². The van der Waals surface area contributed by atoms with Crippen molar-refractivity contribution in [1.82, 2.24) is 5.32 Å². The number of rotatable bonds is 4. The van der Waals surface area contributed by atoms with Crippen LogP contribution in [0.3, 0.4) is 0 Å². The maximum absolute atomic E-state index is 14.7. The van der Waals surface area contributed by atoms with E-state index in [0.29, 0.717) is 18.5 Å². The molecular formula is C20H23FN2O. The van der Waals surface area contributed by atoms with E-state index in [1.807, 2.05) is 50.2 Å². The van der Waals surface area contributed by atoms with Crippen LogP contribution in [0.1, 0.15) is 36.5 Å². The van der Waals surface area contributed by atoms with Gasteiger partial charge in [-0.2, -0.15) is 0 Å². The summed E-state index contributed by atoms with van der Waals surface area (Å²) in [5.74, 6) is -0.637. The highest BCUT2D eigenvalue weighted by atomic mass is 19.1. The molecule has 0 saturated heterocycles. The predicted octanol–water partition coefficient (Wildman–Crippen LogP) is 3.85. The van der Waals surface area contributed by atoms with Gasteiger partial charge in [0.2, 0.25) is 5.91 Å². The Morgan fingerprint density at radius 3 is 2.62 bits per heavy atom. The minimum Gasteiger partial charge on any atom is -0.323 e. The van der Waals surface area contributed by atoms with Gasteiger partial charge in [0.25, 0.3) is 0 Å². The topological polar surface area (TPSA) is 41.1 Å². The van der Waals surface area contributed by atoms with E-state index in [1.165, 1.54) is 0 Å². The molecule has 3 nitrogen and oxygen atoms in total. The Labute approximate surface area is 142 Å². The van der Waals surface area contributed by atoms with E-state index in [0.717, 1.165) is 17.7 Å². The van der Waals surface area contributed by atoms with Gasteiger partial charge in [-0.05, 0) is 41.6 Å². The summed E-state index contributed by atoms with van der Waals surface area (Å²) in [6, 6.07) is 13.2.